The van der Waals surface area contributed by atoms with Crippen LogP contribution in [0, 0.1) is 17.1 Å². The number of halogens is 1. The number of hydrogen-bond acceptors (Lipinski definition) is 4. The maximum atomic E-state index is 13.9. The second-order valence-electron chi connectivity index (χ2n) is 7.97. The number of carbonyl (C=O) groups is 1. The molecule has 2 heterocycles. The Morgan fingerprint density at radius 2 is 1.90 bits per heavy atom. The van der Waals surface area contributed by atoms with Gasteiger partial charge in [-0.15, -0.1) is 0 Å². The minimum Gasteiger partial charge on any atom is -0.445 e. The predicted molar refractivity (Wildman–Crippen MR) is 104 cm³/mol. The Hall–Kier alpha value is -2.91. The number of aliphatic hydroxyl groups is 1. The molecule has 2 aliphatic rings. The van der Waals surface area contributed by atoms with Crippen molar-refractivity contribution in [1.29, 1.82) is 5.26 Å². The molecule has 0 aliphatic carbocycles. The molecule has 150 valence electrons. The van der Waals surface area contributed by atoms with Crippen LogP contribution >= 0.6 is 0 Å². The monoisotopic (exact) mass is 394 g/mol. The number of benzene rings is 2. The zero-order valence-corrected chi connectivity index (χ0v) is 16.1. The number of fused-ring (bicyclic) bond motifs is 2. The van der Waals surface area contributed by atoms with E-state index in [1.807, 2.05) is 36.4 Å². The molecule has 1 N–H and O–H groups in total. The number of nitrogens with zero attached hydrogens (tertiary/aromatic N) is 2. The van der Waals surface area contributed by atoms with Gasteiger partial charge in [-0.2, -0.15) is 5.26 Å². The lowest BCUT2D eigenvalue weighted by molar-refractivity contribution is -0.0897. The van der Waals surface area contributed by atoms with Gasteiger partial charge in [-0.3, -0.25) is 0 Å². The Morgan fingerprint density at radius 1 is 1.21 bits per heavy atom. The lowest BCUT2D eigenvalue weighted by Crippen LogP contribution is -2.58. The first-order valence-electron chi connectivity index (χ1n) is 9.91. The molecule has 4 rings (SSSR count). The van der Waals surface area contributed by atoms with Crippen molar-refractivity contribution in [2.75, 3.05) is 0 Å². The van der Waals surface area contributed by atoms with E-state index in [2.05, 4.69) is 0 Å². The number of nitriles is 1. The van der Waals surface area contributed by atoms with E-state index in [1.165, 1.54) is 6.07 Å². The molecule has 29 heavy (non-hydrogen) atoms. The van der Waals surface area contributed by atoms with Crippen molar-refractivity contribution >= 4 is 6.09 Å². The van der Waals surface area contributed by atoms with Gasteiger partial charge in [0.15, 0.2) is 0 Å². The second-order valence-corrected chi connectivity index (χ2v) is 7.97. The van der Waals surface area contributed by atoms with E-state index in [-0.39, 0.29) is 30.3 Å². The molecular weight excluding hydrogens is 371 g/mol. The molecule has 0 aromatic heterocycles. The summed E-state index contributed by atoms with van der Waals surface area (Å²) in [6.07, 6.45) is 2.73. The number of ether oxygens (including phenoxy) is 1. The number of amides is 1. The van der Waals surface area contributed by atoms with Gasteiger partial charge in [0.1, 0.15) is 12.4 Å². The molecule has 2 aromatic carbocycles. The summed E-state index contributed by atoms with van der Waals surface area (Å²) >= 11 is 0. The number of piperidine rings is 2. The van der Waals surface area contributed by atoms with Crippen LogP contribution in [0.2, 0.25) is 0 Å². The minimum atomic E-state index is -1.26. The van der Waals surface area contributed by atoms with Gasteiger partial charge in [0.25, 0.3) is 0 Å². The van der Waals surface area contributed by atoms with E-state index in [9.17, 15) is 14.3 Å². The second kappa shape index (κ2) is 7.84. The lowest BCUT2D eigenvalue weighted by atomic mass is 9.72. The molecule has 5 nitrogen and oxygen atoms in total. The summed E-state index contributed by atoms with van der Waals surface area (Å²) in [6, 6.07) is 15.1. The lowest BCUT2D eigenvalue weighted by Gasteiger charge is -2.51. The summed E-state index contributed by atoms with van der Waals surface area (Å²) < 4.78 is 19.5. The van der Waals surface area contributed by atoms with E-state index in [0.717, 1.165) is 30.9 Å². The summed E-state index contributed by atoms with van der Waals surface area (Å²) in [6.45, 7) is 0.204. The van der Waals surface area contributed by atoms with E-state index in [0.29, 0.717) is 18.4 Å². The third kappa shape index (κ3) is 3.96. The predicted octanol–water partition coefficient (Wildman–Crippen LogP) is 4.24. The van der Waals surface area contributed by atoms with Crippen molar-refractivity contribution in [3.8, 4) is 6.07 Å². The molecular formula is C23H23FN2O3. The maximum Gasteiger partial charge on any atom is 0.410 e. The van der Waals surface area contributed by atoms with Gasteiger partial charge in [-0.05, 0) is 48.6 Å². The molecule has 2 atom stereocenters. The van der Waals surface area contributed by atoms with E-state index in [1.54, 1.807) is 11.0 Å². The van der Waals surface area contributed by atoms with Crippen LogP contribution in [0.25, 0.3) is 0 Å². The highest BCUT2D eigenvalue weighted by Gasteiger charge is 2.48. The molecule has 2 unspecified atom stereocenters. The van der Waals surface area contributed by atoms with Gasteiger partial charge in [-0.1, -0.05) is 30.3 Å². The summed E-state index contributed by atoms with van der Waals surface area (Å²) in [4.78, 5) is 14.6. The molecule has 0 spiro atoms. The van der Waals surface area contributed by atoms with Gasteiger partial charge in [0.2, 0.25) is 0 Å². The number of carbonyl (C=O) groups excluding carboxylic acids is 1. The zero-order valence-electron chi connectivity index (χ0n) is 16.1. The topological polar surface area (TPSA) is 73.6 Å². The summed E-state index contributed by atoms with van der Waals surface area (Å²) in [5.74, 6) is -0.540. The fraction of sp³-hybridized carbons (Fsp3) is 0.391. The minimum absolute atomic E-state index is 0.176. The van der Waals surface area contributed by atoms with E-state index < -0.39 is 11.4 Å². The van der Waals surface area contributed by atoms with Gasteiger partial charge in [-0.25, -0.2) is 9.18 Å². The Labute approximate surface area is 169 Å². The zero-order chi connectivity index (χ0) is 20.4. The molecule has 1 amide bonds. The summed E-state index contributed by atoms with van der Waals surface area (Å²) in [5.41, 5.74) is 0.245. The van der Waals surface area contributed by atoms with Crippen molar-refractivity contribution < 1.29 is 19.0 Å². The first-order chi connectivity index (χ1) is 14.0. The van der Waals surface area contributed by atoms with Gasteiger partial charge >= 0.3 is 6.09 Å². The van der Waals surface area contributed by atoms with Gasteiger partial charge in [0, 0.05) is 24.9 Å². The first kappa shape index (κ1) is 19.4. The fourth-order valence-corrected chi connectivity index (χ4v) is 4.68. The van der Waals surface area contributed by atoms with E-state index in [4.69, 9.17) is 10.00 Å². The van der Waals surface area contributed by atoms with E-state index >= 15 is 0 Å². The average Bonchev–Trinajstić information content (AvgIpc) is 2.71. The van der Waals surface area contributed by atoms with Crippen LogP contribution in [0.1, 0.15) is 48.8 Å². The Kier molecular flexibility index (Phi) is 5.25. The van der Waals surface area contributed by atoms with Crippen molar-refractivity contribution in [2.45, 2.75) is 56.4 Å². The first-order valence-corrected chi connectivity index (χ1v) is 9.91. The van der Waals surface area contributed by atoms with Crippen molar-refractivity contribution in [1.82, 2.24) is 4.90 Å². The molecule has 2 aromatic rings. The molecule has 6 heteroatoms. The normalized spacial score (nSPS) is 25.9. The standard InChI is InChI=1S/C23H23FN2O3/c24-19-10-17(14-25)9-18(11-19)23(28)12-20-7-4-8-21(13-23)26(20)22(27)29-15-16-5-2-1-3-6-16/h1-3,5-6,9-11,20-21,28H,4,7-8,12-13,15H2. The van der Waals surface area contributed by atoms with Crippen LogP contribution < -0.4 is 0 Å². The maximum absolute atomic E-state index is 13.9. The van der Waals surface area contributed by atoms with Crippen LogP contribution in [0.4, 0.5) is 9.18 Å². The van der Waals surface area contributed by atoms with Crippen LogP contribution in [-0.2, 0) is 16.9 Å². The van der Waals surface area contributed by atoms with Gasteiger partial charge in [0.05, 0.1) is 17.2 Å². The van der Waals surface area contributed by atoms with Crippen LogP contribution in [0.5, 0.6) is 0 Å². The molecule has 0 saturated carbocycles. The summed E-state index contributed by atoms with van der Waals surface area (Å²) in [7, 11) is 0. The quantitative estimate of drug-likeness (QED) is 0.845. The number of hydrogen-bond donors (Lipinski definition) is 1. The fourth-order valence-electron chi connectivity index (χ4n) is 4.68. The van der Waals surface area contributed by atoms with Crippen LogP contribution in [-0.4, -0.2) is 28.2 Å². The van der Waals surface area contributed by atoms with Gasteiger partial charge < -0.3 is 14.7 Å². The highest BCUT2D eigenvalue weighted by Crippen LogP contribution is 2.45. The largest absolute Gasteiger partial charge is 0.445 e. The average molecular weight is 394 g/mol. The number of rotatable bonds is 3. The molecule has 2 aliphatic heterocycles. The highest BCUT2D eigenvalue weighted by atomic mass is 19.1. The van der Waals surface area contributed by atoms with Crippen molar-refractivity contribution in [2.24, 2.45) is 0 Å². The molecule has 2 bridgehead atoms. The Balaban J connectivity index is 1.52. The SMILES string of the molecule is N#Cc1cc(F)cc(C2(O)CC3CCCC(C2)N3C(=O)OCc2ccccc2)c1. The molecule has 0 radical (unpaired) electrons. The smallest absolute Gasteiger partial charge is 0.410 e. The van der Waals surface area contributed by atoms with Crippen LogP contribution in [0.15, 0.2) is 48.5 Å². The third-order valence-corrected chi connectivity index (χ3v) is 5.99. The third-order valence-electron chi connectivity index (χ3n) is 5.99. The highest BCUT2D eigenvalue weighted by molar-refractivity contribution is 5.69. The van der Waals surface area contributed by atoms with Crippen molar-refractivity contribution in [3.05, 3.63) is 71.0 Å². The van der Waals surface area contributed by atoms with Crippen LogP contribution in [0.3, 0.4) is 0 Å². The summed E-state index contributed by atoms with van der Waals surface area (Å²) in [5, 5.41) is 20.5. The Morgan fingerprint density at radius 3 is 2.55 bits per heavy atom. The Bertz CT molecular complexity index is 927. The van der Waals surface area contributed by atoms with Crippen molar-refractivity contribution in [3.63, 3.8) is 0 Å². The molecule has 2 fully saturated rings. The molecule has 2 saturated heterocycles.